The molecular weight excluding hydrogens is 334 g/mol. The zero-order chi connectivity index (χ0) is 17.9. The first-order valence-corrected chi connectivity index (χ1v) is 8.77. The average Bonchev–Trinajstić information content (AvgIpc) is 3.22. The van der Waals surface area contributed by atoms with E-state index in [2.05, 4.69) is 36.1 Å². The van der Waals surface area contributed by atoms with Gasteiger partial charge in [0.25, 0.3) is 0 Å². The Morgan fingerprint density at radius 2 is 2.00 bits per heavy atom. The molecule has 3 rings (SSSR count). The van der Waals surface area contributed by atoms with Crippen molar-refractivity contribution in [3.05, 3.63) is 53.2 Å². The van der Waals surface area contributed by atoms with Gasteiger partial charge in [0, 0.05) is 34.3 Å². The first-order chi connectivity index (χ1) is 11.9. The van der Waals surface area contributed by atoms with E-state index in [0.29, 0.717) is 5.89 Å². The summed E-state index contributed by atoms with van der Waals surface area (Å²) in [6.45, 7) is 6.29. The molecule has 3 aromatic rings. The summed E-state index contributed by atoms with van der Waals surface area (Å²) >= 11 is 1.55. The van der Waals surface area contributed by atoms with Crippen LogP contribution in [0, 0.1) is 0 Å². The standard InChI is InChI=1S/C19H21N3O2S/c1-19(2,3)16-12-20-17(24-16)9-8-15-11-21-18(25-15)22-13-6-5-7-14(10-13)23-4/h5-12H,1-4H3,(H,21,22)/b9-8+. The van der Waals surface area contributed by atoms with E-state index in [9.17, 15) is 0 Å². The molecule has 0 aliphatic rings. The second-order valence-electron chi connectivity index (χ2n) is 6.57. The number of oxazole rings is 1. The van der Waals surface area contributed by atoms with Crippen molar-refractivity contribution in [1.29, 1.82) is 0 Å². The summed E-state index contributed by atoms with van der Waals surface area (Å²) < 4.78 is 11.0. The van der Waals surface area contributed by atoms with Crippen LogP contribution in [0.3, 0.4) is 0 Å². The zero-order valence-electron chi connectivity index (χ0n) is 14.7. The van der Waals surface area contributed by atoms with Crippen LogP contribution in [0.5, 0.6) is 5.75 Å². The summed E-state index contributed by atoms with van der Waals surface area (Å²) in [5.41, 5.74) is 0.893. The first-order valence-electron chi connectivity index (χ1n) is 7.95. The first kappa shape index (κ1) is 17.2. The minimum Gasteiger partial charge on any atom is -0.497 e. The van der Waals surface area contributed by atoms with Crippen LogP contribution < -0.4 is 10.1 Å². The topological polar surface area (TPSA) is 60.2 Å². The average molecular weight is 355 g/mol. The van der Waals surface area contributed by atoms with Gasteiger partial charge in [-0.15, -0.1) is 0 Å². The summed E-state index contributed by atoms with van der Waals surface area (Å²) in [7, 11) is 1.65. The van der Waals surface area contributed by atoms with Crippen molar-refractivity contribution in [2.45, 2.75) is 26.2 Å². The van der Waals surface area contributed by atoms with Crippen molar-refractivity contribution in [3.8, 4) is 5.75 Å². The number of aromatic nitrogens is 2. The van der Waals surface area contributed by atoms with Gasteiger partial charge in [0.2, 0.25) is 5.89 Å². The van der Waals surface area contributed by atoms with E-state index in [0.717, 1.165) is 27.2 Å². The molecule has 0 spiro atoms. The van der Waals surface area contributed by atoms with Gasteiger partial charge in [-0.3, -0.25) is 0 Å². The molecule has 0 amide bonds. The lowest BCUT2D eigenvalue weighted by atomic mass is 9.94. The molecular formula is C19H21N3O2S. The Labute approximate surface area is 151 Å². The predicted molar refractivity (Wildman–Crippen MR) is 103 cm³/mol. The van der Waals surface area contributed by atoms with Crippen LogP contribution in [0.1, 0.15) is 37.3 Å². The van der Waals surface area contributed by atoms with Crippen molar-refractivity contribution in [1.82, 2.24) is 9.97 Å². The van der Waals surface area contributed by atoms with Crippen LogP contribution in [0.4, 0.5) is 10.8 Å². The molecule has 0 fully saturated rings. The maximum Gasteiger partial charge on any atom is 0.218 e. The molecule has 0 radical (unpaired) electrons. The summed E-state index contributed by atoms with van der Waals surface area (Å²) in [6, 6.07) is 7.74. The Hall–Kier alpha value is -2.60. The van der Waals surface area contributed by atoms with Crippen LogP contribution in [0.15, 0.2) is 41.1 Å². The van der Waals surface area contributed by atoms with E-state index in [4.69, 9.17) is 9.15 Å². The Bertz CT molecular complexity index is 875. The predicted octanol–water partition coefficient (Wildman–Crippen LogP) is 5.35. The highest BCUT2D eigenvalue weighted by Gasteiger charge is 2.18. The maximum absolute atomic E-state index is 5.75. The third-order valence-electron chi connectivity index (χ3n) is 3.50. The fraction of sp³-hybridized carbons (Fsp3) is 0.263. The molecule has 1 aromatic carbocycles. The quantitative estimate of drug-likeness (QED) is 0.668. The molecule has 0 saturated heterocycles. The van der Waals surface area contributed by atoms with Gasteiger partial charge in [0.15, 0.2) is 5.13 Å². The Morgan fingerprint density at radius 3 is 2.72 bits per heavy atom. The van der Waals surface area contributed by atoms with Gasteiger partial charge in [0.1, 0.15) is 11.5 Å². The summed E-state index contributed by atoms with van der Waals surface area (Å²) in [5, 5.41) is 4.09. The van der Waals surface area contributed by atoms with Crippen LogP contribution in [-0.4, -0.2) is 17.1 Å². The number of rotatable bonds is 5. The molecule has 0 aliphatic heterocycles. The Morgan fingerprint density at radius 1 is 1.16 bits per heavy atom. The molecule has 0 saturated carbocycles. The van der Waals surface area contributed by atoms with E-state index in [1.165, 1.54) is 0 Å². The van der Waals surface area contributed by atoms with E-state index in [-0.39, 0.29) is 5.41 Å². The maximum atomic E-state index is 5.75. The second-order valence-corrected chi connectivity index (χ2v) is 7.63. The van der Waals surface area contributed by atoms with E-state index < -0.39 is 0 Å². The Kier molecular flexibility index (Phi) is 4.90. The number of nitrogens with zero attached hydrogens (tertiary/aromatic N) is 2. The SMILES string of the molecule is COc1cccc(Nc2ncc(/C=C/c3ncc(C(C)(C)C)o3)s2)c1. The lowest BCUT2D eigenvalue weighted by Gasteiger charge is -2.12. The van der Waals surface area contributed by atoms with Crippen LogP contribution in [-0.2, 0) is 5.41 Å². The lowest BCUT2D eigenvalue weighted by molar-refractivity contribution is 0.403. The van der Waals surface area contributed by atoms with E-state index in [1.54, 1.807) is 24.6 Å². The van der Waals surface area contributed by atoms with E-state index in [1.807, 2.05) is 42.6 Å². The molecule has 2 heterocycles. The third kappa shape index (κ3) is 4.48. The molecule has 130 valence electrons. The summed E-state index contributed by atoms with van der Waals surface area (Å²) in [5.74, 6) is 2.28. The normalized spacial score (nSPS) is 11.8. The fourth-order valence-corrected chi connectivity index (χ4v) is 2.85. The van der Waals surface area contributed by atoms with Crippen molar-refractivity contribution in [2.24, 2.45) is 0 Å². The minimum absolute atomic E-state index is 0.0442. The highest BCUT2D eigenvalue weighted by atomic mass is 32.1. The molecule has 0 atom stereocenters. The van der Waals surface area contributed by atoms with Crippen molar-refractivity contribution < 1.29 is 9.15 Å². The molecule has 1 N–H and O–H groups in total. The van der Waals surface area contributed by atoms with Crippen LogP contribution >= 0.6 is 11.3 Å². The number of hydrogen-bond acceptors (Lipinski definition) is 6. The number of thiazole rings is 1. The van der Waals surface area contributed by atoms with Gasteiger partial charge in [0.05, 0.1) is 13.3 Å². The van der Waals surface area contributed by atoms with Crippen molar-refractivity contribution >= 4 is 34.3 Å². The van der Waals surface area contributed by atoms with Gasteiger partial charge in [-0.2, -0.15) is 0 Å². The molecule has 0 unspecified atom stereocenters. The van der Waals surface area contributed by atoms with Gasteiger partial charge >= 0.3 is 0 Å². The van der Waals surface area contributed by atoms with Crippen LogP contribution in [0.25, 0.3) is 12.2 Å². The lowest BCUT2D eigenvalue weighted by Crippen LogP contribution is -2.09. The van der Waals surface area contributed by atoms with Crippen molar-refractivity contribution in [2.75, 3.05) is 12.4 Å². The largest absolute Gasteiger partial charge is 0.497 e. The highest BCUT2D eigenvalue weighted by molar-refractivity contribution is 7.16. The number of anilines is 2. The monoisotopic (exact) mass is 355 g/mol. The van der Waals surface area contributed by atoms with Gasteiger partial charge in [-0.25, -0.2) is 9.97 Å². The molecule has 25 heavy (non-hydrogen) atoms. The number of benzene rings is 1. The van der Waals surface area contributed by atoms with Gasteiger partial charge in [-0.1, -0.05) is 38.2 Å². The number of methoxy groups -OCH3 is 1. The highest BCUT2D eigenvalue weighted by Crippen LogP contribution is 2.27. The number of nitrogens with one attached hydrogen (secondary N) is 1. The van der Waals surface area contributed by atoms with Crippen molar-refractivity contribution in [3.63, 3.8) is 0 Å². The molecule has 0 bridgehead atoms. The van der Waals surface area contributed by atoms with E-state index >= 15 is 0 Å². The van der Waals surface area contributed by atoms with Crippen LogP contribution in [0.2, 0.25) is 0 Å². The summed E-state index contributed by atoms with van der Waals surface area (Å²) in [6.07, 6.45) is 7.41. The molecule has 5 nitrogen and oxygen atoms in total. The van der Waals surface area contributed by atoms with Gasteiger partial charge < -0.3 is 14.5 Å². The minimum atomic E-state index is -0.0442. The van der Waals surface area contributed by atoms with Gasteiger partial charge in [-0.05, 0) is 18.2 Å². The summed E-state index contributed by atoms with van der Waals surface area (Å²) in [4.78, 5) is 9.70. The molecule has 6 heteroatoms. The molecule has 2 aromatic heterocycles. The smallest absolute Gasteiger partial charge is 0.218 e. The Balaban J connectivity index is 1.68. The second kappa shape index (κ2) is 7.11. The third-order valence-corrected chi connectivity index (χ3v) is 4.38. The number of hydrogen-bond donors (Lipinski definition) is 1. The fourth-order valence-electron chi connectivity index (χ4n) is 2.11. The zero-order valence-corrected chi connectivity index (χ0v) is 15.6. The number of ether oxygens (including phenoxy) is 1. The molecule has 0 aliphatic carbocycles.